The summed E-state index contributed by atoms with van der Waals surface area (Å²) in [6, 6.07) is 29.9. The highest BCUT2D eigenvalue weighted by molar-refractivity contribution is 7.99. The van der Waals surface area contributed by atoms with E-state index >= 15 is 0 Å². The van der Waals surface area contributed by atoms with Crippen LogP contribution in [0.3, 0.4) is 0 Å². The van der Waals surface area contributed by atoms with Crippen LogP contribution in [0.2, 0.25) is 0 Å². The number of thioether (sulfide) groups is 1. The van der Waals surface area contributed by atoms with Crippen LogP contribution in [0.5, 0.6) is 0 Å². The maximum absolute atomic E-state index is 13.1. The lowest BCUT2D eigenvalue weighted by Gasteiger charge is -2.29. The third-order valence-electron chi connectivity index (χ3n) is 4.89. The first-order valence-corrected chi connectivity index (χ1v) is 10.7. The summed E-state index contributed by atoms with van der Waals surface area (Å²) >= 11 is 1.39. The molecule has 0 aliphatic heterocycles. The Bertz CT molecular complexity index is 1040. The Labute approximate surface area is 180 Å². The summed E-state index contributed by atoms with van der Waals surface area (Å²) in [4.78, 5) is 14.9. The van der Waals surface area contributed by atoms with Gasteiger partial charge in [0.25, 0.3) is 0 Å². The molecular weight excluding hydrogens is 392 g/mol. The lowest BCUT2D eigenvalue weighted by molar-refractivity contribution is -0.128. The third-order valence-corrected chi connectivity index (χ3v) is 5.81. The molecule has 4 rings (SSSR count). The van der Waals surface area contributed by atoms with Crippen molar-refractivity contribution in [1.82, 2.24) is 19.7 Å². The molecule has 0 saturated carbocycles. The Hall–Kier alpha value is -3.38. The van der Waals surface area contributed by atoms with Crippen LogP contribution in [0, 0.1) is 0 Å². The maximum atomic E-state index is 13.1. The molecule has 0 saturated heterocycles. The Balaban J connectivity index is 1.52. The molecule has 0 atom stereocenters. The van der Waals surface area contributed by atoms with Gasteiger partial charge in [0.1, 0.15) is 6.33 Å². The van der Waals surface area contributed by atoms with E-state index in [2.05, 4.69) is 34.5 Å². The fourth-order valence-electron chi connectivity index (χ4n) is 3.37. The lowest BCUT2D eigenvalue weighted by atomic mass is 9.97. The van der Waals surface area contributed by atoms with Gasteiger partial charge >= 0.3 is 0 Å². The number of benzene rings is 3. The van der Waals surface area contributed by atoms with Crippen LogP contribution >= 0.6 is 11.8 Å². The van der Waals surface area contributed by atoms with Crippen LogP contribution in [0.15, 0.2) is 102 Å². The van der Waals surface area contributed by atoms with E-state index in [0.717, 1.165) is 16.8 Å². The van der Waals surface area contributed by atoms with Crippen LogP contribution in [0.1, 0.15) is 17.2 Å². The first-order valence-electron chi connectivity index (χ1n) is 9.68. The molecule has 1 heterocycles. The minimum absolute atomic E-state index is 0.0281. The molecule has 0 unspecified atom stereocenters. The van der Waals surface area contributed by atoms with Crippen LogP contribution in [0.4, 0.5) is 0 Å². The van der Waals surface area contributed by atoms with Gasteiger partial charge < -0.3 is 4.90 Å². The smallest absolute Gasteiger partial charge is 0.233 e. The fraction of sp³-hybridized carbons (Fsp3) is 0.125. The highest BCUT2D eigenvalue weighted by Crippen LogP contribution is 2.29. The van der Waals surface area contributed by atoms with Crippen molar-refractivity contribution in [3.63, 3.8) is 0 Å². The van der Waals surface area contributed by atoms with E-state index in [1.54, 1.807) is 11.2 Å². The highest BCUT2D eigenvalue weighted by atomic mass is 32.2. The zero-order chi connectivity index (χ0) is 20.8. The Kier molecular flexibility index (Phi) is 6.25. The van der Waals surface area contributed by atoms with Gasteiger partial charge in [-0.1, -0.05) is 90.6 Å². The number of para-hydroxylation sites is 1. The summed E-state index contributed by atoms with van der Waals surface area (Å²) in [7, 11) is 1.86. The molecule has 1 aromatic heterocycles. The molecule has 0 radical (unpaired) electrons. The Morgan fingerprint density at radius 3 is 2.00 bits per heavy atom. The number of hydrogen-bond donors (Lipinski definition) is 0. The number of carbonyl (C=O) groups is 1. The van der Waals surface area contributed by atoms with Gasteiger partial charge in [-0.05, 0) is 23.3 Å². The van der Waals surface area contributed by atoms with Crippen molar-refractivity contribution in [3.8, 4) is 5.69 Å². The Morgan fingerprint density at radius 1 is 0.900 bits per heavy atom. The lowest BCUT2D eigenvalue weighted by Crippen LogP contribution is -2.33. The summed E-state index contributed by atoms with van der Waals surface area (Å²) in [5.41, 5.74) is 3.13. The molecule has 3 aromatic carbocycles. The number of rotatable bonds is 7. The van der Waals surface area contributed by atoms with Gasteiger partial charge in [0.05, 0.1) is 11.8 Å². The second-order valence-electron chi connectivity index (χ2n) is 6.84. The van der Waals surface area contributed by atoms with E-state index in [0.29, 0.717) is 5.16 Å². The molecule has 0 aliphatic rings. The molecule has 30 heavy (non-hydrogen) atoms. The first kappa shape index (κ1) is 19.9. The van der Waals surface area contributed by atoms with Crippen LogP contribution in [0.25, 0.3) is 5.69 Å². The van der Waals surface area contributed by atoms with Gasteiger partial charge in [0, 0.05) is 12.7 Å². The van der Waals surface area contributed by atoms with E-state index in [1.165, 1.54) is 11.8 Å². The third kappa shape index (κ3) is 4.44. The van der Waals surface area contributed by atoms with Crippen molar-refractivity contribution in [2.45, 2.75) is 11.2 Å². The largest absolute Gasteiger partial charge is 0.334 e. The van der Waals surface area contributed by atoms with Crippen molar-refractivity contribution in [2.24, 2.45) is 0 Å². The summed E-state index contributed by atoms with van der Waals surface area (Å²) in [5.74, 6) is 0.304. The minimum Gasteiger partial charge on any atom is -0.334 e. The quantitative estimate of drug-likeness (QED) is 0.415. The van der Waals surface area contributed by atoms with Gasteiger partial charge in [-0.15, -0.1) is 10.2 Å². The summed E-state index contributed by atoms with van der Waals surface area (Å²) < 4.78 is 1.89. The van der Waals surface area contributed by atoms with E-state index in [-0.39, 0.29) is 17.7 Å². The van der Waals surface area contributed by atoms with Gasteiger partial charge in [-0.2, -0.15) is 0 Å². The first-order chi connectivity index (χ1) is 14.7. The van der Waals surface area contributed by atoms with Gasteiger partial charge in [0.2, 0.25) is 5.91 Å². The molecule has 0 bridgehead atoms. The number of carbonyl (C=O) groups excluding carboxylic acids is 1. The normalized spacial score (nSPS) is 10.9. The molecule has 0 aliphatic carbocycles. The SMILES string of the molecule is CN(C(=O)CSc1nncn1-c1ccccc1)C(c1ccccc1)c1ccccc1. The van der Waals surface area contributed by atoms with Crippen molar-refractivity contribution in [1.29, 1.82) is 0 Å². The summed E-state index contributed by atoms with van der Waals surface area (Å²) in [6.07, 6.45) is 1.67. The second kappa shape index (κ2) is 9.41. The van der Waals surface area contributed by atoms with E-state index in [9.17, 15) is 4.79 Å². The van der Waals surface area contributed by atoms with E-state index in [4.69, 9.17) is 0 Å². The second-order valence-corrected chi connectivity index (χ2v) is 7.78. The molecule has 0 N–H and O–H groups in total. The molecule has 150 valence electrons. The summed E-state index contributed by atoms with van der Waals surface area (Å²) in [5, 5.41) is 8.90. The van der Waals surface area contributed by atoms with E-state index < -0.39 is 0 Å². The molecule has 4 aromatic rings. The monoisotopic (exact) mass is 414 g/mol. The summed E-state index contributed by atoms with van der Waals surface area (Å²) in [6.45, 7) is 0. The van der Waals surface area contributed by atoms with Crippen LogP contribution in [-0.4, -0.2) is 38.4 Å². The number of amides is 1. The van der Waals surface area contributed by atoms with Crippen LogP contribution < -0.4 is 0 Å². The van der Waals surface area contributed by atoms with Crippen molar-refractivity contribution in [3.05, 3.63) is 108 Å². The van der Waals surface area contributed by atoms with Crippen molar-refractivity contribution in [2.75, 3.05) is 12.8 Å². The highest BCUT2D eigenvalue weighted by Gasteiger charge is 2.24. The minimum atomic E-state index is -0.146. The molecular formula is C24H22N4OS. The van der Waals surface area contributed by atoms with Gasteiger partial charge in [-0.3, -0.25) is 9.36 Å². The zero-order valence-corrected chi connectivity index (χ0v) is 17.4. The van der Waals surface area contributed by atoms with Gasteiger partial charge in [0.15, 0.2) is 5.16 Å². The average molecular weight is 415 g/mol. The number of aromatic nitrogens is 3. The number of nitrogens with zero attached hydrogens (tertiary/aromatic N) is 4. The molecule has 0 fully saturated rings. The standard InChI is InChI=1S/C24H22N4OS/c1-27(23(19-11-5-2-6-12-19)20-13-7-3-8-14-20)22(29)17-30-24-26-25-18-28(24)21-15-9-4-10-16-21/h2-16,18,23H,17H2,1H3. The van der Waals surface area contributed by atoms with Crippen molar-refractivity contribution < 1.29 is 4.79 Å². The zero-order valence-electron chi connectivity index (χ0n) is 16.6. The molecule has 6 heteroatoms. The topological polar surface area (TPSA) is 51.0 Å². The van der Waals surface area contributed by atoms with E-state index in [1.807, 2.05) is 78.3 Å². The predicted octanol–water partition coefficient (Wildman–Crippen LogP) is 4.61. The fourth-order valence-corrected chi connectivity index (χ4v) is 4.22. The van der Waals surface area contributed by atoms with Gasteiger partial charge in [-0.25, -0.2) is 0 Å². The average Bonchev–Trinajstić information content (AvgIpc) is 3.28. The van der Waals surface area contributed by atoms with Crippen molar-refractivity contribution >= 4 is 17.7 Å². The Morgan fingerprint density at radius 2 is 1.43 bits per heavy atom. The molecule has 1 amide bonds. The molecule has 5 nitrogen and oxygen atoms in total. The molecule has 0 spiro atoms. The predicted molar refractivity (Wildman–Crippen MR) is 120 cm³/mol. The maximum Gasteiger partial charge on any atom is 0.233 e. The van der Waals surface area contributed by atoms with Crippen LogP contribution in [-0.2, 0) is 4.79 Å². The number of hydrogen-bond acceptors (Lipinski definition) is 4.